The third-order valence-electron chi connectivity index (χ3n) is 2.64. The molecule has 0 aromatic heterocycles. The molecule has 0 aliphatic carbocycles. The fourth-order valence-corrected chi connectivity index (χ4v) is 1.51. The van der Waals surface area contributed by atoms with E-state index in [1.165, 1.54) is 19.1 Å². The smallest absolute Gasteiger partial charge is 0.405 e. The predicted octanol–water partition coefficient (Wildman–Crippen LogP) is 2.73. The second-order valence-corrected chi connectivity index (χ2v) is 4.39. The first kappa shape index (κ1) is 17.0. The maximum absolute atomic E-state index is 12.0. The number of ether oxygens (including phenoxy) is 1. The van der Waals surface area contributed by atoms with Gasteiger partial charge < -0.3 is 10.1 Å². The number of Topliss-reactive ketones (excluding diaryl/α,β-unsaturated/α-hetero) is 1. The number of hydrogen-bond acceptors (Lipinski definition) is 3. The third kappa shape index (κ3) is 5.85. The predicted molar refractivity (Wildman–Crippen MR) is 70.2 cm³/mol. The van der Waals surface area contributed by atoms with Crippen LogP contribution in [0.1, 0.15) is 30.6 Å². The van der Waals surface area contributed by atoms with E-state index in [1.807, 2.05) is 0 Å². The Balaban J connectivity index is 2.56. The van der Waals surface area contributed by atoms with Gasteiger partial charge in [0.05, 0.1) is 0 Å². The molecule has 1 aromatic carbocycles. The molecule has 4 nitrogen and oxygen atoms in total. The molecular weight excluding hydrogens is 287 g/mol. The van der Waals surface area contributed by atoms with E-state index in [0.29, 0.717) is 17.7 Å². The Labute approximate surface area is 120 Å². The fraction of sp³-hybridized carbons (Fsp3) is 0.429. The molecule has 116 valence electrons. The average Bonchev–Trinajstić information content (AvgIpc) is 2.43. The lowest BCUT2D eigenvalue weighted by Gasteiger charge is -2.15. The average molecular weight is 303 g/mol. The Morgan fingerprint density at radius 2 is 1.81 bits per heavy atom. The van der Waals surface area contributed by atoms with Gasteiger partial charge in [0, 0.05) is 12.0 Å². The van der Waals surface area contributed by atoms with Crippen LogP contribution in [0.2, 0.25) is 0 Å². The zero-order valence-corrected chi connectivity index (χ0v) is 11.7. The summed E-state index contributed by atoms with van der Waals surface area (Å²) in [6.45, 7) is 1.68. The quantitative estimate of drug-likeness (QED) is 0.822. The van der Waals surface area contributed by atoms with Crippen molar-refractivity contribution in [2.75, 3.05) is 6.54 Å². The van der Waals surface area contributed by atoms with Crippen molar-refractivity contribution in [2.24, 2.45) is 0 Å². The molecule has 0 aliphatic heterocycles. The topological polar surface area (TPSA) is 55.4 Å². The summed E-state index contributed by atoms with van der Waals surface area (Å²) in [5.74, 6) is -0.587. The Morgan fingerprint density at radius 3 is 2.29 bits per heavy atom. The first-order valence-electron chi connectivity index (χ1n) is 6.37. The molecule has 0 unspecified atom stereocenters. The van der Waals surface area contributed by atoms with Crippen molar-refractivity contribution in [3.63, 3.8) is 0 Å². The lowest BCUT2D eigenvalue weighted by molar-refractivity contribution is -0.142. The van der Waals surface area contributed by atoms with E-state index in [1.54, 1.807) is 24.4 Å². The third-order valence-corrected chi connectivity index (χ3v) is 2.64. The number of nitrogens with one attached hydrogen (secondary N) is 1. The van der Waals surface area contributed by atoms with Gasteiger partial charge in [-0.1, -0.05) is 6.92 Å². The molecular formula is C14H16F3NO3. The Morgan fingerprint density at radius 1 is 1.24 bits per heavy atom. The Kier molecular flexibility index (Phi) is 5.75. The van der Waals surface area contributed by atoms with Gasteiger partial charge in [-0.15, -0.1) is 0 Å². The molecule has 7 heteroatoms. The van der Waals surface area contributed by atoms with Gasteiger partial charge in [-0.05, 0) is 31.2 Å². The van der Waals surface area contributed by atoms with Crippen molar-refractivity contribution >= 4 is 11.7 Å². The zero-order valence-electron chi connectivity index (χ0n) is 11.7. The van der Waals surface area contributed by atoms with Gasteiger partial charge in [0.25, 0.3) is 5.91 Å². The highest BCUT2D eigenvalue weighted by Crippen LogP contribution is 2.16. The van der Waals surface area contributed by atoms with Crippen molar-refractivity contribution < 1.29 is 27.5 Å². The van der Waals surface area contributed by atoms with E-state index in [0.717, 1.165) is 0 Å². The van der Waals surface area contributed by atoms with Crippen LogP contribution in [0.3, 0.4) is 0 Å². The number of alkyl halides is 3. The van der Waals surface area contributed by atoms with Gasteiger partial charge in [0.2, 0.25) is 0 Å². The summed E-state index contributed by atoms with van der Waals surface area (Å²) < 4.78 is 41.1. The van der Waals surface area contributed by atoms with Crippen LogP contribution in [-0.4, -0.2) is 30.5 Å². The summed E-state index contributed by atoms with van der Waals surface area (Å²) in [6, 6.07) is 6.08. The number of halogens is 3. The first-order valence-corrected chi connectivity index (χ1v) is 6.37. The summed E-state index contributed by atoms with van der Waals surface area (Å²) in [7, 11) is 0. The van der Waals surface area contributed by atoms with Crippen LogP contribution in [0.4, 0.5) is 13.2 Å². The summed E-state index contributed by atoms with van der Waals surface area (Å²) in [5.41, 5.74) is 0.513. The molecule has 0 spiro atoms. The van der Waals surface area contributed by atoms with E-state index in [9.17, 15) is 22.8 Å². The second-order valence-electron chi connectivity index (χ2n) is 4.39. The van der Waals surface area contributed by atoms with Gasteiger partial charge in [0.1, 0.15) is 12.3 Å². The number of hydrogen-bond donors (Lipinski definition) is 1. The highest BCUT2D eigenvalue weighted by Gasteiger charge is 2.29. The molecule has 0 saturated heterocycles. The van der Waals surface area contributed by atoms with Crippen molar-refractivity contribution in [2.45, 2.75) is 32.5 Å². The highest BCUT2D eigenvalue weighted by molar-refractivity contribution is 5.95. The number of amides is 1. The number of carbonyl (C=O) groups is 2. The van der Waals surface area contributed by atoms with Gasteiger partial charge in [-0.3, -0.25) is 9.59 Å². The van der Waals surface area contributed by atoms with Crippen LogP contribution in [-0.2, 0) is 4.79 Å². The lowest BCUT2D eigenvalue weighted by Crippen LogP contribution is -2.41. The molecule has 0 fully saturated rings. The molecule has 21 heavy (non-hydrogen) atoms. The number of ketones is 1. The van der Waals surface area contributed by atoms with Gasteiger partial charge in [-0.2, -0.15) is 13.2 Å². The molecule has 0 heterocycles. The molecule has 0 radical (unpaired) electrons. The van der Waals surface area contributed by atoms with Crippen LogP contribution in [0, 0.1) is 0 Å². The minimum atomic E-state index is -4.46. The minimum Gasteiger partial charge on any atom is -0.481 e. The van der Waals surface area contributed by atoms with E-state index in [-0.39, 0.29) is 5.78 Å². The van der Waals surface area contributed by atoms with Crippen LogP contribution in [0.25, 0.3) is 0 Å². The molecule has 0 saturated carbocycles. The molecule has 0 aliphatic rings. The summed E-state index contributed by atoms with van der Waals surface area (Å²) in [6.07, 6.45) is -5.16. The summed E-state index contributed by atoms with van der Waals surface area (Å²) >= 11 is 0. The van der Waals surface area contributed by atoms with Gasteiger partial charge >= 0.3 is 6.18 Å². The number of carbonyl (C=O) groups excluding carboxylic acids is 2. The van der Waals surface area contributed by atoms with Crippen molar-refractivity contribution in [1.82, 2.24) is 5.32 Å². The SMILES string of the molecule is CCC(=O)c1ccc(O[C@H](C)C(=O)NCC(F)(F)F)cc1. The van der Waals surface area contributed by atoms with Crippen LogP contribution in [0.15, 0.2) is 24.3 Å². The maximum atomic E-state index is 12.0. The van der Waals surface area contributed by atoms with E-state index >= 15 is 0 Å². The Hall–Kier alpha value is -2.05. The molecule has 1 amide bonds. The molecule has 1 N–H and O–H groups in total. The minimum absolute atomic E-state index is 0.0301. The summed E-state index contributed by atoms with van der Waals surface area (Å²) in [4.78, 5) is 22.8. The van der Waals surface area contributed by atoms with Crippen LogP contribution in [0.5, 0.6) is 5.75 Å². The van der Waals surface area contributed by atoms with Gasteiger partial charge in [-0.25, -0.2) is 0 Å². The maximum Gasteiger partial charge on any atom is 0.405 e. The van der Waals surface area contributed by atoms with Gasteiger partial charge in [0.15, 0.2) is 11.9 Å². The van der Waals surface area contributed by atoms with Crippen molar-refractivity contribution in [3.05, 3.63) is 29.8 Å². The lowest BCUT2D eigenvalue weighted by atomic mass is 10.1. The highest BCUT2D eigenvalue weighted by atomic mass is 19.4. The largest absolute Gasteiger partial charge is 0.481 e. The van der Waals surface area contributed by atoms with Crippen LogP contribution < -0.4 is 10.1 Å². The standard InChI is InChI=1S/C14H16F3NO3/c1-3-12(19)10-4-6-11(7-5-10)21-9(2)13(20)18-8-14(15,16)17/h4-7,9H,3,8H2,1-2H3,(H,18,20)/t9-/m1/s1. The zero-order chi connectivity index (χ0) is 16.0. The first-order chi connectivity index (χ1) is 9.73. The summed E-state index contributed by atoms with van der Waals surface area (Å²) in [5, 5.41) is 1.74. The van der Waals surface area contributed by atoms with Crippen molar-refractivity contribution in [1.29, 1.82) is 0 Å². The van der Waals surface area contributed by atoms with Crippen molar-refractivity contribution in [3.8, 4) is 5.75 Å². The molecule has 1 rings (SSSR count). The second kappa shape index (κ2) is 7.10. The molecule has 1 atom stereocenters. The molecule has 1 aromatic rings. The number of rotatable bonds is 6. The number of benzene rings is 1. The fourth-order valence-electron chi connectivity index (χ4n) is 1.51. The van der Waals surface area contributed by atoms with E-state index in [4.69, 9.17) is 4.74 Å². The molecule has 0 bridgehead atoms. The van der Waals surface area contributed by atoms with Crippen LogP contribution >= 0.6 is 0 Å². The van der Waals surface area contributed by atoms with E-state index < -0.39 is 24.7 Å². The Bertz CT molecular complexity index is 497. The van der Waals surface area contributed by atoms with E-state index in [2.05, 4.69) is 0 Å². The normalized spacial score (nSPS) is 12.6. The monoisotopic (exact) mass is 303 g/mol.